The summed E-state index contributed by atoms with van der Waals surface area (Å²) in [5.74, 6) is -0.128. The van der Waals surface area contributed by atoms with Gasteiger partial charge in [-0.2, -0.15) is 0 Å². The van der Waals surface area contributed by atoms with Gasteiger partial charge in [-0.1, -0.05) is 71.2 Å². The fraction of sp³-hybridized carbons (Fsp3) is 0.103. The molecule has 0 aliphatic rings. The van der Waals surface area contributed by atoms with E-state index in [1.807, 2.05) is 55.5 Å². The number of aryl methyl sites for hydroxylation is 1. The molecule has 0 saturated heterocycles. The van der Waals surface area contributed by atoms with Crippen molar-refractivity contribution >= 4 is 69.8 Å². The molecule has 0 spiro atoms. The Morgan fingerprint density at radius 2 is 1.61 bits per heavy atom. The van der Waals surface area contributed by atoms with Crippen LogP contribution in [0.2, 0.25) is 15.1 Å². The minimum Gasteiger partial charge on any atom is -0.495 e. The minimum atomic E-state index is -0.589. The maximum Gasteiger partial charge on any atom is 0.257 e. The Bertz CT molecular complexity index is 1480. The van der Waals surface area contributed by atoms with Crippen molar-refractivity contribution in [2.75, 3.05) is 17.7 Å². The molecule has 0 saturated carbocycles. The summed E-state index contributed by atoms with van der Waals surface area (Å²) >= 11 is 19.7. The van der Waals surface area contributed by atoms with Gasteiger partial charge in [0, 0.05) is 26.7 Å². The molecule has 0 fully saturated rings. The van der Waals surface area contributed by atoms with Gasteiger partial charge in [0.15, 0.2) is 0 Å². The lowest BCUT2D eigenvalue weighted by Gasteiger charge is -2.19. The van der Waals surface area contributed by atoms with Gasteiger partial charge >= 0.3 is 0 Å². The van der Waals surface area contributed by atoms with E-state index in [-0.39, 0.29) is 16.8 Å². The monoisotopic (exact) mass is 584 g/mol. The summed E-state index contributed by atoms with van der Waals surface area (Å²) in [7, 11) is 1.52. The lowest BCUT2D eigenvalue weighted by Crippen LogP contribution is -2.19. The molecule has 0 aliphatic heterocycles. The number of hydrogen-bond acceptors (Lipinski definition) is 4. The first kappa shape index (κ1) is 27.9. The number of amides is 2. The Kier molecular flexibility index (Phi) is 9.23. The standard InChI is InChI=1S/C29H23Cl3N2O3S/c1-17-13-25(26(37-2)16-23(17)31)34-29(36)27(18-7-4-3-5-8-18)38-21-10-6-9-20(15-21)33-28(35)22-12-11-19(30)14-24(22)32/h3-16,27H,1-2H3,(H,33,35)(H,34,36). The van der Waals surface area contributed by atoms with Gasteiger partial charge in [0.2, 0.25) is 5.91 Å². The van der Waals surface area contributed by atoms with Crippen LogP contribution in [-0.2, 0) is 4.79 Å². The predicted octanol–water partition coefficient (Wildman–Crippen LogP) is 8.69. The van der Waals surface area contributed by atoms with Crippen LogP contribution in [-0.4, -0.2) is 18.9 Å². The summed E-state index contributed by atoms with van der Waals surface area (Å²) in [6.45, 7) is 1.86. The molecule has 4 aromatic carbocycles. The highest BCUT2D eigenvalue weighted by Crippen LogP contribution is 2.39. The first-order chi connectivity index (χ1) is 18.2. The summed E-state index contributed by atoms with van der Waals surface area (Å²) in [4.78, 5) is 27.2. The molecule has 0 aliphatic carbocycles. The van der Waals surface area contributed by atoms with Crippen molar-refractivity contribution < 1.29 is 14.3 Å². The van der Waals surface area contributed by atoms with E-state index in [1.165, 1.54) is 24.9 Å². The fourth-order valence-electron chi connectivity index (χ4n) is 3.68. The van der Waals surface area contributed by atoms with Crippen LogP contribution in [0.25, 0.3) is 0 Å². The van der Waals surface area contributed by atoms with Gasteiger partial charge in [-0.05, 0) is 60.5 Å². The largest absolute Gasteiger partial charge is 0.495 e. The van der Waals surface area contributed by atoms with Crippen molar-refractivity contribution in [1.82, 2.24) is 0 Å². The van der Waals surface area contributed by atoms with E-state index >= 15 is 0 Å². The molecule has 2 amide bonds. The van der Waals surface area contributed by atoms with Gasteiger partial charge in [-0.15, -0.1) is 11.8 Å². The van der Waals surface area contributed by atoms with Gasteiger partial charge in [0.05, 0.1) is 23.4 Å². The average Bonchev–Trinajstić information content (AvgIpc) is 2.89. The number of hydrogen-bond donors (Lipinski definition) is 2. The second-order valence-corrected chi connectivity index (χ2v) is 10.7. The van der Waals surface area contributed by atoms with Gasteiger partial charge in [-0.3, -0.25) is 9.59 Å². The van der Waals surface area contributed by atoms with E-state index < -0.39 is 5.25 Å². The Balaban J connectivity index is 1.58. The first-order valence-electron chi connectivity index (χ1n) is 11.5. The van der Waals surface area contributed by atoms with Gasteiger partial charge < -0.3 is 15.4 Å². The van der Waals surface area contributed by atoms with Crippen LogP contribution >= 0.6 is 46.6 Å². The van der Waals surface area contributed by atoms with E-state index in [4.69, 9.17) is 39.5 Å². The highest BCUT2D eigenvalue weighted by molar-refractivity contribution is 8.00. The molecule has 5 nitrogen and oxygen atoms in total. The van der Waals surface area contributed by atoms with E-state index in [0.29, 0.717) is 32.7 Å². The fourth-order valence-corrected chi connectivity index (χ4v) is 5.42. The summed E-state index contributed by atoms with van der Waals surface area (Å²) < 4.78 is 5.43. The van der Waals surface area contributed by atoms with Crippen LogP contribution in [0.15, 0.2) is 89.8 Å². The number of ether oxygens (including phenoxy) is 1. The van der Waals surface area contributed by atoms with Crippen LogP contribution in [0.3, 0.4) is 0 Å². The van der Waals surface area contributed by atoms with Crippen LogP contribution in [0.4, 0.5) is 11.4 Å². The zero-order valence-electron chi connectivity index (χ0n) is 20.4. The second-order valence-electron chi connectivity index (χ2n) is 8.31. The summed E-state index contributed by atoms with van der Waals surface area (Å²) in [6.07, 6.45) is 0. The third kappa shape index (κ3) is 6.83. The molecule has 0 bridgehead atoms. The highest BCUT2D eigenvalue weighted by atomic mass is 35.5. The lowest BCUT2D eigenvalue weighted by atomic mass is 10.1. The smallest absolute Gasteiger partial charge is 0.257 e. The summed E-state index contributed by atoms with van der Waals surface area (Å²) in [5, 5.41) is 6.51. The quantitative estimate of drug-likeness (QED) is 0.203. The normalized spacial score (nSPS) is 11.5. The van der Waals surface area contributed by atoms with E-state index in [2.05, 4.69) is 10.6 Å². The number of carbonyl (C=O) groups is 2. The molecule has 2 N–H and O–H groups in total. The number of methoxy groups -OCH3 is 1. The molecule has 38 heavy (non-hydrogen) atoms. The molecule has 4 rings (SSSR count). The summed E-state index contributed by atoms with van der Waals surface area (Å²) in [5.41, 5.74) is 3.04. The maximum atomic E-state index is 13.6. The Morgan fingerprint density at radius 1 is 0.842 bits per heavy atom. The number of thioether (sulfide) groups is 1. The number of carbonyl (C=O) groups excluding carboxylic acids is 2. The molecule has 0 heterocycles. The molecular weight excluding hydrogens is 563 g/mol. The van der Waals surface area contributed by atoms with Crippen molar-refractivity contribution in [2.45, 2.75) is 17.1 Å². The van der Waals surface area contributed by atoms with Gasteiger partial charge in [0.1, 0.15) is 11.0 Å². The maximum absolute atomic E-state index is 13.6. The Hall–Kier alpha value is -3.16. The van der Waals surface area contributed by atoms with Gasteiger partial charge in [0.25, 0.3) is 5.91 Å². The van der Waals surface area contributed by atoms with Crippen molar-refractivity contribution in [3.63, 3.8) is 0 Å². The summed E-state index contributed by atoms with van der Waals surface area (Å²) in [6, 6.07) is 24.9. The third-order valence-electron chi connectivity index (χ3n) is 5.60. The van der Waals surface area contributed by atoms with Crippen molar-refractivity contribution in [2.24, 2.45) is 0 Å². The molecule has 194 valence electrons. The molecule has 0 radical (unpaired) electrons. The van der Waals surface area contributed by atoms with E-state index in [9.17, 15) is 9.59 Å². The molecule has 4 aromatic rings. The zero-order valence-corrected chi connectivity index (χ0v) is 23.5. The second kappa shape index (κ2) is 12.6. The van der Waals surface area contributed by atoms with E-state index in [0.717, 1.165) is 16.0 Å². The van der Waals surface area contributed by atoms with Crippen LogP contribution in [0, 0.1) is 6.92 Å². The molecule has 1 unspecified atom stereocenters. The average molecular weight is 586 g/mol. The van der Waals surface area contributed by atoms with Crippen molar-refractivity contribution in [3.05, 3.63) is 117 Å². The molecule has 1 atom stereocenters. The third-order valence-corrected chi connectivity index (χ3v) is 7.80. The minimum absolute atomic E-state index is 0.233. The highest BCUT2D eigenvalue weighted by Gasteiger charge is 2.24. The number of nitrogens with one attached hydrogen (secondary N) is 2. The molecule has 0 aromatic heterocycles. The Labute approximate surface area is 240 Å². The van der Waals surface area contributed by atoms with Crippen LogP contribution < -0.4 is 15.4 Å². The SMILES string of the molecule is COc1cc(Cl)c(C)cc1NC(=O)C(Sc1cccc(NC(=O)c2ccc(Cl)cc2Cl)c1)c1ccccc1. The number of anilines is 2. The Morgan fingerprint density at radius 3 is 2.32 bits per heavy atom. The van der Waals surface area contributed by atoms with E-state index in [1.54, 1.807) is 30.3 Å². The topological polar surface area (TPSA) is 67.4 Å². The van der Waals surface area contributed by atoms with Crippen LogP contribution in [0.1, 0.15) is 26.7 Å². The zero-order chi connectivity index (χ0) is 27.2. The molecular formula is C29H23Cl3N2O3S. The molecule has 9 heteroatoms. The number of rotatable bonds is 8. The van der Waals surface area contributed by atoms with Crippen LogP contribution in [0.5, 0.6) is 5.75 Å². The number of halogens is 3. The van der Waals surface area contributed by atoms with Gasteiger partial charge in [-0.25, -0.2) is 0 Å². The lowest BCUT2D eigenvalue weighted by molar-refractivity contribution is -0.115. The first-order valence-corrected chi connectivity index (χ1v) is 13.5. The number of benzene rings is 4. The predicted molar refractivity (Wildman–Crippen MR) is 157 cm³/mol. The van der Waals surface area contributed by atoms with Crippen molar-refractivity contribution in [3.8, 4) is 5.75 Å². The van der Waals surface area contributed by atoms with Crippen molar-refractivity contribution in [1.29, 1.82) is 0 Å².